The molecule has 1 atom stereocenters. The predicted molar refractivity (Wildman–Crippen MR) is 138 cm³/mol. The summed E-state index contributed by atoms with van der Waals surface area (Å²) in [6, 6.07) is 13.2. The van der Waals surface area contributed by atoms with Gasteiger partial charge in [0.15, 0.2) is 10.7 Å². The molecule has 184 valence electrons. The van der Waals surface area contributed by atoms with Crippen molar-refractivity contribution in [3.05, 3.63) is 75.6 Å². The van der Waals surface area contributed by atoms with Gasteiger partial charge in [0.2, 0.25) is 15.9 Å². The molecule has 1 aromatic heterocycles. The molecule has 0 aliphatic carbocycles. The number of carbonyl (C=O) groups is 1. The van der Waals surface area contributed by atoms with Gasteiger partial charge in [0, 0.05) is 13.1 Å². The highest BCUT2D eigenvalue weighted by Gasteiger charge is 2.37. The maximum Gasteiger partial charge on any atom is 0.248 e. The minimum absolute atomic E-state index is 0.0310. The van der Waals surface area contributed by atoms with Gasteiger partial charge in [0.1, 0.15) is 5.69 Å². The summed E-state index contributed by atoms with van der Waals surface area (Å²) >= 11 is 6.25. The lowest BCUT2D eigenvalue weighted by atomic mass is 9.98. The molecule has 0 saturated carbocycles. The Morgan fingerprint density at radius 2 is 1.83 bits per heavy atom. The minimum Gasteiger partial charge on any atom is -0.355 e. The number of anilines is 1. The van der Waals surface area contributed by atoms with Crippen molar-refractivity contribution in [1.29, 1.82) is 0 Å². The highest BCUT2D eigenvalue weighted by Crippen LogP contribution is 2.30. The zero-order valence-electron chi connectivity index (χ0n) is 19.9. The van der Waals surface area contributed by atoms with Crippen LogP contribution in [-0.4, -0.2) is 36.9 Å². The molecule has 1 fully saturated rings. The number of hydrogen-bond donors (Lipinski definition) is 1. The first-order valence-electron chi connectivity index (χ1n) is 11.4. The lowest BCUT2D eigenvalue weighted by Crippen LogP contribution is -2.43. The van der Waals surface area contributed by atoms with Crippen molar-refractivity contribution < 1.29 is 17.7 Å². The van der Waals surface area contributed by atoms with Crippen molar-refractivity contribution in [3.63, 3.8) is 0 Å². The number of rotatable bonds is 6. The fraction of sp³-hybridized carbons (Fsp3) is 0.308. The van der Waals surface area contributed by atoms with Crippen LogP contribution in [0.4, 0.5) is 5.69 Å². The molecule has 1 aliphatic heterocycles. The van der Waals surface area contributed by atoms with Crippen LogP contribution in [0.5, 0.6) is 0 Å². The predicted octanol–water partition coefficient (Wildman–Crippen LogP) is 5.46. The summed E-state index contributed by atoms with van der Waals surface area (Å²) in [5, 5.41) is 7.20. The van der Waals surface area contributed by atoms with Gasteiger partial charge in [-0.05, 0) is 62.9 Å². The van der Waals surface area contributed by atoms with E-state index in [1.165, 1.54) is 4.31 Å². The van der Waals surface area contributed by atoms with E-state index in [-0.39, 0.29) is 28.8 Å². The molecule has 7 nitrogen and oxygen atoms in total. The van der Waals surface area contributed by atoms with Crippen molar-refractivity contribution in [1.82, 2.24) is 9.46 Å². The van der Waals surface area contributed by atoms with Crippen molar-refractivity contribution in [2.45, 2.75) is 38.5 Å². The smallest absolute Gasteiger partial charge is 0.248 e. The Balaban J connectivity index is 1.53. The first-order valence-corrected chi connectivity index (χ1v) is 13.2. The molecule has 0 spiro atoms. The molecule has 1 amide bonds. The van der Waals surface area contributed by atoms with Crippen LogP contribution in [-0.2, 0) is 14.8 Å². The second-order valence-corrected chi connectivity index (χ2v) is 11.2. The van der Waals surface area contributed by atoms with Gasteiger partial charge < -0.3 is 9.84 Å². The average Bonchev–Trinajstić information content (AvgIpc) is 3.21. The van der Waals surface area contributed by atoms with Gasteiger partial charge in [-0.2, -0.15) is 4.31 Å². The van der Waals surface area contributed by atoms with Gasteiger partial charge in [-0.1, -0.05) is 58.7 Å². The molecule has 1 aliphatic rings. The zero-order valence-corrected chi connectivity index (χ0v) is 21.5. The SMILES string of the molecule is Cc1ccc(C=Cc2onc(C)c2S(=O)(=O)N2CCCC(C(=O)Nc3ccc(C)cc3Cl)C2)cc1. The molecule has 0 radical (unpaired) electrons. The Morgan fingerprint density at radius 1 is 1.11 bits per heavy atom. The van der Waals surface area contributed by atoms with Crippen LogP contribution in [0.15, 0.2) is 51.9 Å². The lowest BCUT2D eigenvalue weighted by molar-refractivity contribution is -0.120. The van der Waals surface area contributed by atoms with Gasteiger partial charge in [0.25, 0.3) is 0 Å². The monoisotopic (exact) mass is 513 g/mol. The number of halogens is 1. The van der Waals surface area contributed by atoms with E-state index in [2.05, 4.69) is 10.5 Å². The molecule has 1 N–H and O–H groups in total. The Morgan fingerprint density at radius 3 is 2.54 bits per heavy atom. The zero-order chi connectivity index (χ0) is 25.2. The second kappa shape index (κ2) is 10.4. The number of nitrogens with one attached hydrogen (secondary N) is 1. The van der Waals surface area contributed by atoms with Gasteiger partial charge in [-0.15, -0.1) is 0 Å². The highest BCUT2D eigenvalue weighted by atomic mass is 35.5. The first kappa shape index (κ1) is 25.2. The van der Waals surface area contributed by atoms with E-state index in [1.54, 1.807) is 31.2 Å². The second-order valence-electron chi connectivity index (χ2n) is 8.88. The third kappa shape index (κ3) is 5.66. The third-order valence-corrected chi connectivity index (χ3v) is 8.41. The van der Waals surface area contributed by atoms with E-state index in [0.717, 1.165) is 16.7 Å². The number of sulfonamides is 1. The number of amides is 1. The Labute approximate surface area is 210 Å². The van der Waals surface area contributed by atoms with Gasteiger partial charge >= 0.3 is 0 Å². The van der Waals surface area contributed by atoms with E-state index in [9.17, 15) is 13.2 Å². The largest absolute Gasteiger partial charge is 0.355 e. The Kier molecular flexibility index (Phi) is 7.44. The standard InChI is InChI=1S/C26H28ClN3O4S/c1-17-6-9-20(10-7-17)11-13-24-25(19(3)29-34-24)35(32,33)30-14-4-5-21(16-30)26(31)28-23-12-8-18(2)15-22(23)27/h6-13,15,21H,4-5,14,16H2,1-3H3,(H,28,31). The normalized spacial score (nSPS) is 17.1. The molecule has 35 heavy (non-hydrogen) atoms. The summed E-state index contributed by atoms with van der Waals surface area (Å²) in [6.07, 6.45) is 4.56. The molecule has 2 aromatic carbocycles. The topological polar surface area (TPSA) is 92.5 Å². The Bertz CT molecular complexity index is 1360. The van der Waals surface area contributed by atoms with E-state index >= 15 is 0 Å². The summed E-state index contributed by atoms with van der Waals surface area (Å²) in [4.78, 5) is 13.0. The molecule has 4 rings (SSSR count). The number of benzene rings is 2. The molecular formula is C26H28ClN3O4S. The maximum absolute atomic E-state index is 13.6. The first-order chi connectivity index (χ1) is 16.6. The number of piperidine rings is 1. The molecular weight excluding hydrogens is 486 g/mol. The van der Waals surface area contributed by atoms with Crippen LogP contribution >= 0.6 is 11.6 Å². The van der Waals surface area contributed by atoms with Crippen LogP contribution in [0.3, 0.4) is 0 Å². The maximum atomic E-state index is 13.6. The van der Waals surface area contributed by atoms with Crippen LogP contribution in [0, 0.1) is 26.7 Å². The van der Waals surface area contributed by atoms with Crippen LogP contribution < -0.4 is 5.32 Å². The molecule has 0 bridgehead atoms. The molecule has 9 heteroatoms. The van der Waals surface area contributed by atoms with Crippen molar-refractivity contribution in [2.24, 2.45) is 5.92 Å². The Hall–Kier alpha value is -2.94. The van der Waals surface area contributed by atoms with E-state index in [0.29, 0.717) is 30.1 Å². The minimum atomic E-state index is -3.92. The van der Waals surface area contributed by atoms with E-state index in [1.807, 2.05) is 44.2 Å². The third-order valence-electron chi connectivity index (χ3n) is 6.07. The summed E-state index contributed by atoms with van der Waals surface area (Å²) in [6.45, 7) is 5.91. The average molecular weight is 514 g/mol. The number of nitrogens with zero attached hydrogens (tertiary/aromatic N) is 2. The number of carbonyl (C=O) groups excluding carboxylic acids is 1. The highest BCUT2D eigenvalue weighted by molar-refractivity contribution is 7.89. The molecule has 1 saturated heterocycles. The number of hydrogen-bond acceptors (Lipinski definition) is 5. The van der Waals surface area contributed by atoms with Gasteiger partial charge in [0.05, 0.1) is 16.6 Å². The van der Waals surface area contributed by atoms with E-state index < -0.39 is 15.9 Å². The fourth-order valence-corrected chi connectivity index (χ4v) is 6.16. The van der Waals surface area contributed by atoms with E-state index in [4.69, 9.17) is 16.1 Å². The fourth-order valence-electron chi connectivity index (χ4n) is 4.11. The number of aryl methyl sites for hydroxylation is 3. The molecule has 2 heterocycles. The van der Waals surface area contributed by atoms with Crippen molar-refractivity contribution >= 4 is 45.4 Å². The van der Waals surface area contributed by atoms with Gasteiger partial charge in [-0.25, -0.2) is 8.42 Å². The lowest BCUT2D eigenvalue weighted by Gasteiger charge is -2.31. The summed E-state index contributed by atoms with van der Waals surface area (Å²) in [5.74, 6) is -0.583. The number of aromatic nitrogens is 1. The molecule has 3 aromatic rings. The van der Waals surface area contributed by atoms with Crippen LogP contribution in [0.2, 0.25) is 5.02 Å². The van der Waals surface area contributed by atoms with Crippen LogP contribution in [0.1, 0.15) is 41.0 Å². The van der Waals surface area contributed by atoms with Crippen molar-refractivity contribution in [3.8, 4) is 0 Å². The summed E-state index contributed by atoms with van der Waals surface area (Å²) < 4.78 is 33.9. The van der Waals surface area contributed by atoms with Gasteiger partial charge in [-0.3, -0.25) is 4.79 Å². The quantitative estimate of drug-likeness (QED) is 0.472. The summed E-state index contributed by atoms with van der Waals surface area (Å²) in [5.41, 5.74) is 3.83. The summed E-state index contributed by atoms with van der Waals surface area (Å²) in [7, 11) is -3.92. The molecule has 1 unspecified atom stereocenters. The van der Waals surface area contributed by atoms with Crippen molar-refractivity contribution in [2.75, 3.05) is 18.4 Å². The van der Waals surface area contributed by atoms with Crippen LogP contribution in [0.25, 0.3) is 12.2 Å².